The first-order valence-corrected chi connectivity index (χ1v) is 6.82. The lowest BCUT2D eigenvalue weighted by Crippen LogP contribution is -2.12. The first-order chi connectivity index (χ1) is 7.42. The van der Waals surface area contributed by atoms with Crippen LogP contribution in [0.15, 0.2) is 60.7 Å². The van der Waals surface area contributed by atoms with E-state index >= 15 is 0 Å². The Morgan fingerprint density at radius 1 is 0.750 bits per heavy atom. The minimum Gasteiger partial charge on any atom is -0.153 e. The fourth-order valence-corrected chi connectivity index (χ4v) is 3.82. The molecule has 0 bridgehead atoms. The van der Waals surface area contributed by atoms with Gasteiger partial charge in [0, 0.05) is 0 Å². The van der Waals surface area contributed by atoms with Gasteiger partial charge in [0.25, 0.3) is 0 Å². The molecule has 2 rings (SSSR count). The lowest BCUT2D eigenvalue weighted by atomic mass is 10.4. The average molecular weight is 248 g/mol. The maximum Gasteiger partial charge on any atom is -0.0195 e. The monoisotopic (exact) mass is 248 g/mol. The van der Waals surface area contributed by atoms with E-state index in [0.29, 0.717) is 0 Å². The first kappa shape index (κ1) is 13.4. The Hall–Kier alpha value is -0.700. The van der Waals surface area contributed by atoms with E-state index in [4.69, 9.17) is 0 Å². The van der Waals surface area contributed by atoms with Crippen molar-refractivity contribution in [2.24, 2.45) is 0 Å². The number of hydrogen-bond acceptors (Lipinski definition) is 0. The van der Waals surface area contributed by atoms with Gasteiger partial charge in [-0.15, -0.1) is 0 Å². The summed E-state index contributed by atoms with van der Waals surface area (Å²) in [6, 6.07) is 21.6. The number of benzene rings is 2. The molecule has 0 saturated heterocycles. The highest BCUT2D eigenvalue weighted by Crippen LogP contribution is 2.32. The smallest absolute Gasteiger partial charge is 0.0195 e. The van der Waals surface area contributed by atoms with Gasteiger partial charge in [0.05, 0.1) is 0 Å². The van der Waals surface area contributed by atoms with Crippen LogP contribution in [0, 0.1) is 0 Å². The highest BCUT2D eigenvalue weighted by molar-refractivity contribution is 7.72. The summed E-state index contributed by atoms with van der Waals surface area (Å²) < 4.78 is 0. The second kappa shape index (κ2) is 6.79. The minimum atomic E-state index is -0.149. The summed E-state index contributed by atoms with van der Waals surface area (Å²) in [5.74, 6) is 0. The molecule has 0 heterocycles. The summed E-state index contributed by atoms with van der Waals surface area (Å²) in [5.41, 5.74) is 0. The average Bonchev–Trinajstić information content (AvgIpc) is 2.33. The molecule has 0 amide bonds. The van der Waals surface area contributed by atoms with E-state index in [0.717, 1.165) is 0 Å². The molecule has 2 aromatic rings. The van der Waals surface area contributed by atoms with Gasteiger partial charge in [0.1, 0.15) is 0 Å². The van der Waals surface area contributed by atoms with Crippen LogP contribution in [0.4, 0.5) is 0 Å². The summed E-state index contributed by atoms with van der Waals surface area (Å²) in [7, 11) is -0.149. The van der Waals surface area contributed by atoms with Crippen molar-refractivity contribution in [1.29, 1.82) is 0 Å². The molecule has 0 aliphatic carbocycles. The van der Waals surface area contributed by atoms with Crippen molar-refractivity contribution in [3.63, 3.8) is 0 Å². The van der Waals surface area contributed by atoms with Crippen LogP contribution >= 0.6 is 17.8 Å². The molecule has 0 spiro atoms. The van der Waals surface area contributed by atoms with Crippen LogP contribution < -0.4 is 10.6 Å². The maximum atomic E-state index is 2.27. The number of rotatable bonds is 3. The van der Waals surface area contributed by atoms with E-state index in [9.17, 15) is 0 Å². The third-order valence-corrected chi connectivity index (χ3v) is 4.93. The standard InChI is InChI=1S/C14H15P.H3P/c1-2-15(13-9-5-3-6-10-13)14-11-7-4-8-12-14;/h3-12H,2H2,1H3;1H3. The fourth-order valence-electron chi connectivity index (χ4n) is 1.73. The molecule has 0 aromatic heterocycles. The molecule has 0 aliphatic heterocycles. The molecule has 0 radical (unpaired) electrons. The summed E-state index contributed by atoms with van der Waals surface area (Å²) >= 11 is 0. The molecule has 0 nitrogen and oxygen atoms in total. The highest BCUT2D eigenvalue weighted by Gasteiger charge is 2.09. The quantitative estimate of drug-likeness (QED) is 0.732. The summed E-state index contributed by atoms with van der Waals surface area (Å²) in [5, 5.41) is 2.95. The summed E-state index contributed by atoms with van der Waals surface area (Å²) in [6.07, 6.45) is 1.21. The zero-order chi connectivity index (χ0) is 10.5. The normalized spacial score (nSPS) is 9.88. The van der Waals surface area contributed by atoms with Crippen molar-refractivity contribution in [1.82, 2.24) is 0 Å². The fraction of sp³-hybridized carbons (Fsp3) is 0.143. The first-order valence-electron chi connectivity index (χ1n) is 5.29. The Bertz CT molecular complexity index is 358. The Kier molecular flexibility index (Phi) is 5.67. The van der Waals surface area contributed by atoms with E-state index < -0.39 is 0 Å². The molecule has 2 heteroatoms. The second-order valence-electron chi connectivity index (χ2n) is 3.42. The van der Waals surface area contributed by atoms with Gasteiger partial charge in [-0.05, 0) is 24.7 Å². The van der Waals surface area contributed by atoms with Gasteiger partial charge in [0.2, 0.25) is 0 Å². The molecule has 2 aromatic carbocycles. The van der Waals surface area contributed by atoms with Crippen LogP contribution in [0.1, 0.15) is 6.92 Å². The van der Waals surface area contributed by atoms with Crippen LogP contribution in [0.2, 0.25) is 0 Å². The van der Waals surface area contributed by atoms with Crippen molar-refractivity contribution in [3.8, 4) is 0 Å². The van der Waals surface area contributed by atoms with Crippen LogP contribution in [-0.4, -0.2) is 6.16 Å². The van der Waals surface area contributed by atoms with Gasteiger partial charge in [-0.25, -0.2) is 0 Å². The van der Waals surface area contributed by atoms with E-state index in [-0.39, 0.29) is 17.8 Å². The van der Waals surface area contributed by atoms with Crippen LogP contribution in [0.25, 0.3) is 0 Å². The third kappa shape index (κ3) is 3.14. The lowest BCUT2D eigenvalue weighted by molar-refractivity contribution is 1.51. The van der Waals surface area contributed by atoms with E-state index in [1.165, 1.54) is 16.8 Å². The molecule has 0 aliphatic rings. The van der Waals surface area contributed by atoms with Gasteiger partial charge in [-0.2, -0.15) is 9.90 Å². The van der Waals surface area contributed by atoms with Crippen molar-refractivity contribution in [3.05, 3.63) is 60.7 Å². The van der Waals surface area contributed by atoms with Crippen molar-refractivity contribution in [2.75, 3.05) is 6.16 Å². The largest absolute Gasteiger partial charge is 0.153 e. The Labute approximate surface area is 102 Å². The van der Waals surface area contributed by atoms with Crippen molar-refractivity contribution >= 4 is 28.4 Å². The Balaban J connectivity index is 0.00000128. The minimum absolute atomic E-state index is 0. The topological polar surface area (TPSA) is 0 Å². The van der Waals surface area contributed by atoms with E-state index in [1.54, 1.807) is 0 Å². The zero-order valence-corrected chi connectivity index (χ0v) is 11.9. The van der Waals surface area contributed by atoms with Gasteiger partial charge in [-0.1, -0.05) is 67.6 Å². The van der Waals surface area contributed by atoms with Gasteiger partial charge >= 0.3 is 0 Å². The highest BCUT2D eigenvalue weighted by atomic mass is 31.1. The number of hydrogen-bond donors (Lipinski definition) is 0. The maximum absolute atomic E-state index is 2.27. The van der Waals surface area contributed by atoms with Crippen LogP contribution in [0.3, 0.4) is 0 Å². The molecule has 1 atom stereocenters. The molecular formula is C14H18P2. The Morgan fingerprint density at radius 3 is 1.44 bits per heavy atom. The molecule has 0 saturated carbocycles. The molecule has 0 N–H and O–H groups in total. The summed E-state index contributed by atoms with van der Waals surface area (Å²) in [4.78, 5) is 0. The zero-order valence-electron chi connectivity index (χ0n) is 9.63. The molecule has 0 fully saturated rings. The molecule has 16 heavy (non-hydrogen) atoms. The summed E-state index contributed by atoms with van der Waals surface area (Å²) in [6.45, 7) is 2.27. The van der Waals surface area contributed by atoms with Gasteiger partial charge < -0.3 is 0 Å². The van der Waals surface area contributed by atoms with Gasteiger partial charge in [0.15, 0.2) is 0 Å². The van der Waals surface area contributed by atoms with Crippen LogP contribution in [-0.2, 0) is 0 Å². The third-order valence-electron chi connectivity index (χ3n) is 2.45. The predicted molar refractivity (Wildman–Crippen MR) is 80.7 cm³/mol. The SMILES string of the molecule is CCP(c1ccccc1)c1ccccc1.P. The predicted octanol–water partition coefficient (Wildman–Crippen LogP) is 3.20. The van der Waals surface area contributed by atoms with Gasteiger partial charge in [-0.3, -0.25) is 0 Å². The van der Waals surface area contributed by atoms with Crippen molar-refractivity contribution < 1.29 is 0 Å². The molecule has 1 unspecified atom stereocenters. The Morgan fingerprint density at radius 2 is 1.12 bits per heavy atom. The van der Waals surface area contributed by atoms with Crippen molar-refractivity contribution in [2.45, 2.75) is 6.92 Å². The lowest BCUT2D eigenvalue weighted by Gasteiger charge is -2.16. The molecular weight excluding hydrogens is 230 g/mol. The van der Waals surface area contributed by atoms with E-state index in [2.05, 4.69) is 67.6 Å². The van der Waals surface area contributed by atoms with E-state index in [1.807, 2.05) is 0 Å². The second-order valence-corrected chi connectivity index (χ2v) is 5.94. The molecule has 84 valence electrons. The van der Waals surface area contributed by atoms with Crippen LogP contribution in [0.5, 0.6) is 0 Å².